The molecule has 0 amide bonds. The van der Waals surface area contributed by atoms with Crippen LogP contribution < -0.4 is 0 Å². The smallest absolute Gasteiger partial charge is 0.335 e. The van der Waals surface area contributed by atoms with E-state index in [1.165, 1.54) is 0 Å². The lowest BCUT2D eigenvalue weighted by Crippen LogP contribution is -2.06. The van der Waals surface area contributed by atoms with Crippen molar-refractivity contribution in [2.75, 3.05) is 26.4 Å². The number of unbranched alkanes of at least 4 members (excludes halogenated alkanes) is 1. The minimum Gasteiger partial charge on any atom is -0.478 e. The predicted molar refractivity (Wildman–Crippen MR) is 82.3 cm³/mol. The molecular weight excluding hydrogens is 284 g/mol. The fourth-order valence-corrected chi connectivity index (χ4v) is 1.97. The van der Waals surface area contributed by atoms with E-state index in [2.05, 4.69) is 6.92 Å². The summed E-state index contributed by atoms with van der Waals surface area (Å²) in [5.41, 5.74) is 1.38. The summed E-state index contributed by atoms with van der Waals surface area (Å²) in [6, 6.07) is 7.20. The Morgan fingerprint density at radius 1 is 1.23 bits per heavy atom. The van der Waals surface area contributed by atoms with Crippen molar-refractivity contribution in [1.82, 2.24) is 0 Å². The van der Waals surface area contributed by atoms with Crippen LogP contribution in [0.1, 0.15) is 35.7 Å². The van der Waals surface area contributed by atoms with Crippen molar-refractivity contribution in [1.29, 1.82) is 0 Å². The van der Waals surface area contributed by atoms with E-state index in [0.717, 1.165) is 51.3 Å². The van der Waals surface area contributed by atoms with Gasteiger partial charge in [-0.15, -0.1) is 0 Å². The van der Waals surface area contributed by atoms with Crippen LogP contribution in [-0.4, -0.2) is 49.7 Å². The summed E-state index contributed by atoms with van der Waals surface area (Å²) in [4.78, 5) is 10.8. The van der Waals surface area contributed by atoms with Gasteiger partial charge in [-0.2, -0.15) is 0 Å². The maximum absolute atomic E-state index is 10.8. The summed E-state index contributed by atoms with van der Waals surface area (Å²) in [6.07, 6.45) is 3.78. The highest BCUT2D eigenvalue weighted by Gasteiger charge is 2.26. The first-order valence-corrected chi connectivity index (χ1v) is 7.82. The molecule has 1 N–H and O–H groups in total. The summed E-state index contributed by atoms with van der Waals surface area (Å²) in [5.74, 6) is -0.827. The Morgan fingerprint density at radius 3 is 2.32 bits per heavy atom. The Hall–Kier alpha value is -1.43. The van der Waals surface area contributed by atoms with Gasteiger partial charge in [-0.3, -0.25) is 0 Å². The zero-order chi connectivity index (χ0) is 15.8. The first-order valence-electron chi connectivity index (χ1n) is 7.82. The number of carboxylic acids is 1. The van der Waals surface area contributed by atoms with Gasteiger partial charge in [-0.1, -0.05) is 31.5 Å². The van der Waals surface area contributed by atoms with Gasteiger partial charge in [0.25, 0.3) is 0 Å². The zero-order valence-corrected chi connectivity index (χ0v) is 13.0. The maximum atomic E-state index is 10.8. The first kappa shape index (κ1) is 16.9. The third-order valence-corrected chi connectivity index (χ3v) is 3.46. The Kier molecular flexibility index (Phi) is 6.83. The molecule has 0 aromatic heterocycles. The number of carbonyl (C=O) groups is 1. The summed E-state index contributed by atoms with van der Waals surface area (Å²) in [6.45, 7) is 5.36. The molecule has 1 aromatic carbocycles. The second-order valence-electron chi connectivity index (χ2n) is 5.51. The molecule has 2 unspecified atom stereocenters. The SMILES string of the molecule is C(OCC1CO1)C1CO1.CCCCc1ccccc1C(=O)O. The van der Waals surface area contributed by atoms with Crippen LogP contribution in [0.25, 0.3) is 0 Å². The van der Waals surface area contributed by atoms with E-state index in [4.69, 9.17) is 19.3 Å². The Balaban J connectivity index is 0.000000170. The van der Waals surface area contributed by atoms with Crippen LogP contribution in [0, 0.1) is 0 Å². The second-order valence-corrected chi connectivity index (χ2v) is 5.51. The van der Waals surface area contributed by atoms with Crippen LogP contribution in [0.4, 0.5) is 0 Å². The van der Waals surface area contributed by atoms with Crippen molar-refractivity contribution in [3.63, 3.8) is 0 Å². The molecule has 0 spiro atoms. The van der Waals surface area contributed by atoms with Gasteiger partial charge in [0.05, 0.1) is 32.0 Å². The van der Waals surface area contributed by atoms with Crippen molar-refractivity contribution in [2.24, 2.45) is 0 Å². The fraction of sp³-hybridized carbons (Fsp3) is 0.588. The van der Waals surface area contributed by atoms with Gasteiger partial charge in [-0.05, 0) is 24.5 Å². The molecule has 5 nitrogen and oxygen atoms in total. The molecule has 1 aromatic rings. The van der Waals surface area contributed by atoms with E-state index in [9.17, 15) is 4.79 Å². The number of aromatic carboxylic acids is 1. The molecular formula is C17H24O5. The largest absolute Gasteiger partial charge is 0.478 e. The topological polar surface area (TPSA) is 71.6 Å². The molecule has 2 saturated heterocycles. The monoisotopic (exact) mass is 308 g/mol. The van der Waals surface area contributed by atoms with Gasteiger partial charge in [0, 0.05) is 0 Å². The van der Waals surface area contributed by atoms with Crippen LogP contribution in [0.2, 0.25) is 0 Å². The molecule has 22 heavy (non-hydrogen) atoms. The average molecular weight is 308 g/mol. The van der Waals surface area contributed by atoms with Gasteiger partial charge in [0.1, 0.15) is 12.2 Å². The Morgan fingerprint density at radius 2 is 1.82 bits per heavy atom. The maximum Gasteiger partial charge on any atom is 0.335 e. The summed E-state index contributed by atoms with van der Waals surface area (Å²) >= 11 is 0. The zero-order valence-electron chi connectivity index (χ0n) is 13.0. The van der Waals surface area contributed by atoms with E-state index < -0.39 is 5.97 Å². The lowest BCUT2D eigenvalue weighted by atomic mass is 10.0. The van der Waals surface area contributed by atoms with E-state index in [-0.39, 0.29) is 0 Å². The van der Waals surface area contributed by atoms with Crippen molar-refractivity contribution in [3.05, 3.63) is 35.4 Å². The van der Waals surface area contributed by atoms with E-state index in [1.807, 2.05) is 12.1 Å². The van der Waals surface area contributed by atoms with Gasteiger partial charge in [-0.25, -0.2) is 4.79 Å². The molecule has 0 bridgehead atoms. The van der Waals surface area contributed by atoms with E-state index in [1.54, 1.807) is 12.1 Å². The lowest BCUT2D eigenvalue weighted by molar-refractivity contribution is 0.0695. The number of epoxide rings is 2. The van der Waals surface area contributed by atoms with Gasteiger partial charge in [0.15, 0.2) is 0 Å². The van der Waals surface area contributed by atoms with Crippen molar-refractivity contribution >= 4 is 5.97 Å². The molecule has 122 valence electrons. The number of benzene rings is 1. The summed E-state index contributed by atoms with van der Waals surface area (Å²) < 4.78 is 15.1. The number of hydrogen-bond acceptors (Lipinski definition) is 4. The third kappa shape index (κ3) is 6.56. The quantitative estimate of drug-likeness (QED) is 0.747. The number of ether oxygens (including phenoxy) is 3. The van der Waals surface area contributed by atoms with Crippen LogP contribution in [0.15, 0.2) is 24.3 Å². The highest BCUT2D eigenvalue weighted by atomic mass is 16.6. The normalized spacial score (nSPS) is 21.7. The highest BCUT2D eigenvalue weighted by Crippen LogP contribution is 2.13. The van der Waals surface area contributed by atoms with Crippen molar-refractivity contribution in [2.45, 2.75) is 38.4 Å². The standard InChI is InChI=1S/C11H14O2.C6H10O3/c1-2-3-6-9-7-4-5-8-10(9)11(12)13;1(5-3-8-5)7-2-6-4-9-6/h4-5,7-8H,2-3,6H2,1H3,(H,12,13);5-6H,1-4H2. The highest BCUT2D eigenvalue weighted by molar-refractivity contribution is 5.89. The predicted octanol–water partition coefficient (Wildman–Crippen LogP) is 2.53. The van der Waals surface area contributed by atoms with Crippen LogP contribution in [0.3, 0.4) is 0 Å². The summed E-state index contributed by atoms with van der Waals surface area (Å²) in [7, 11) is 0. The number of rotatable bonds is 8. The minimum atomic E-state index is -0.827. The number of carboxylic acid groups (broad SMARTS) is 1. The van der Waals surface area contributed by atoms with Gasteiger partial charge < -0.3 is 19.3 Å². The van der Waals surface area contributed by atoms with Crippen molar-refractivity contribution < 1.29 is 24.1 Å². The molecule has 2 aliphatic heterocycles. The van der Waals surface area contributed by atoms with E-state index >= 15 is 0 Å². The van der Waals surface area contributed by atoms with Gasteiger partial charge in [0.2, 0.25) is 0 Å². The molecule has 2 atom stereocenters. The number of aryl methyl sites for hydroxylation is 1. The van der Waals surface area contributed by atoms with E-state index in [0.29, 0.717) is 17.8 Å². The molecule has 5 heteroatoms. The van der Waals surface area contributed by atoms with Crippen LogP contribution in [0.5, 0.6) is 0 Å². The van der Waals surface area contributed by atoms with Gasteiger partial charge >= 0.3 is 5.97 Å². The summed E-state index contributed by atoms with van der Waals surface area (Å²) in [5, 5.41) is 8.86. The molecule has 0 aliphatic carbocycles. The van der Waals surface area contributed by atoms with Crippen molar-refractivity contribution in [3.8, 4) is 0 Å². The molecule has 3 rings (SSSR count). The third-order valence-electron chi connectivity index (χ3n) is 3.46. The molecule has 2 fully saturated rings. The lowest BCUT2D eigenvalue weighted by Gasteiger charge is -2.03. The average Bonchev–Trinajstić information content (AvgIpc) is 3.41. The molecule has 0 radical (unpaired) electrons. The molecule has 2 aliphatic rings. The first-order chi connectivity index (χ1) is 10.7. The number of hydrogen-bond donors (Lipinski definition) is 1. The molecule has 0 saturated carbocycles. The second kappa shape index (κ2) is 8.88. The fourth-order valence-electron chi connectivity index (χ4n) is 1.97. The van der Waals surface area contributed by atoms with Crippen LogP contribution >= 0.6 is 0 Å². The van der Waals surface area contributed by atoms with Crippen LogP contribution in [-0.2, 0) is 20.6 Å². The molecule has 2 heterocycles. The minimum absolute atomic E-state index is 0.392. The Labute approximate surface area is 131 Å². The Bertz CT molecular complexity index is 454.